The van der Waals surface area contributed by atoms with Crippen LogP contribution in [0.25, 0.3) is 0 Å². The van der Waals surface area contributed by atoms with Gasteiger partial charge in [0.05, 0.1) is 25.5 Å². The van der Waals surface area contributed by atoms with E-state index in [2.05, 4.69) is 11.0 Å². The van der Waals surface area contributed by atoms with E-state index in [0.29, 0.717) is 12.3 Å². The van der Waals surface area contributed by atoms with Crippen LogP contribution in [0.2, 0.25) is 0 Å². The molecule has 1 heterocycles. The summed E-state index contributed by atoms with van der Waals surface area (Å²) >= 11 is 0. The molecule has 0 aliphatic carbocycles. The van der Waals surface area contributed by atoms with Gasteiger partial charge in [-0.25, -0.2) is 0 Å². The molecule has 1 aromatic rings. The van der Waals surface area contributed by atoms with Crippen LogP contribution in [0.15, 0.2) is 18.2 Å². The predicted molar refractivity (Wildman–Crippen MR) is 68.1 cm³/mol. The zero-order chi connectivity index (χ0) is 12.1. The van der Waals surface area contributed by atoms with E-state index in [1.54, 1.807) is 0 Å². The van der Waals surface area contributed by atoms with Crippen molar-refractivity contribution >= 4 is 5.69 Å². The van der Waals surface area contributed by atoms with E-state index in [1.165, 1.54) is 5.56 Å². The summed E-state index contributed by atoms with van der Waals surface area (Å²) in [7, 11) is 0. The van der Waals surface area contributed by atoms with Gasteiger partial charge in [-0.1, -0.05) is 6.07 Å². The SMILES string of the molecule is CCOc1cc(CN2CCOCC2)ccc1N. The van der Waals surface area contributed by atoms with Gasteiger partial charge in [0.2, 0.25) is 0 Å². The van der Waals surface area contributed by atoms with Crippen LogP contribution in [0.5, 0.6) is 5.75 Å². The van der Waals surface area contributed by atoms with Gasteiger partial charge in [0.25, 0.3) is 0 Å². The Bertz CT molecular complexity index is 362. The minimum atomic E-state index is 0.644. The van der Waals surface area contributed by atoms with Gasteiger partial charge < -0.3 is 15.2 Å². The third kappa shape index (κ3) is 3.35. The highest BCUT2D eigenvalue weighted by atomic mass is 16.5. The number of hydrogen-bond acceptors (Lipinski definition) is 4. The first-order chi connectivity index (χ1) is 8.29. The lowest BCUT2D eigenvalue weighted by Gasteiger charge is -2.26. The average molecular weight is 236 g/mol. The van der Waals surface area contributed by atoms with Gasteiger partial charge in [-0.2, -0.15) is 0 Å². The molecule has 0 unspecified atom stereocenters. The Labute approximate surface area is 102 Å². The van der Waals surface area contributed by atoms with Crippen molar-refractivity contribution in [3.63, 3.8) is 0 Å². The number of hydrogen-bond donors (Lipinski definition) is 1. The molecule has 0 bridgehead atoms. The van der Waals surface area contributed by atoms with Crippen molar-refractivity contribution in [1.29, 1.82) is 0 Å². The fourth-order valence-electron chi connectivity index (χ4n) is 1.98. The molecule has 1 aliphatic heterocycles. The van der Waals surface area contributed by atoms with E-state index < -0.39 is 0 Å². The molecule has 1 aliphatic rings. The Morgan fingerprint density at radius 1 is 1.35 bits per heavy atom. The maximum absolute atomic E-state index is 5.85. The van der Waals surface area contributed by atoms with Gasteiger partial charge >= 0.3 is 0 Å². The quantitative estimate of drug-likeness (QED) is 0.805. The second-order valence-corrected chi connectivity index (χ2v) is 4.19. The fourth-order valence-corrected chi connectivity index (χ4v) is 1.98. The van der Waals surface area contributed by atoms with Crippen molar-refractivity contribution in [3.05, 3.63) is 23.8 Å². The van der Waals surface area contributed by atoms with Crippen molar-refractivity contribution in [2.24, 2.45) is 0 Å². The second kappa shape index (κ2) is 5.89. The molecule has 0 saturated carbocycles. The van der Waals surface area contributed by atoms with Crippen LogP contribution in [-0.2, 0) is 11.3 Å². The molecule has 0 atom stereocenters. The number of nitrogens with zero attached hydrogens (tertiary/aromatic N) is 1. The number of anilines is 1. The summed E-state index contributed by atoms with van der Waals surface area (Å²) in [5.74, 6) is 0.790. The van der Waals surface area contributed by atoms with Crippen molar-refractivity contribution in [2.45, 2.75) is 13.5 Å². The summed E-state index contributed by atoms with van der Waals surface area (Å²) in [5, 5.41) is 0. The molecule has 1 aromatic carbocycles. The van der Waals surface area contributed by atoms with E-state index in [4.69, 9.17) is 15.2 Å². The summed E-state index contributed by atoms with van der Waals surface area (Å²) < 4.78 is 10.8. The Balaban J connectivity index is 2.02. The molecule has 4 nitrogen and oxygen atoms in total. The van der Waals surface area contributed by atoms with Crippen LogP contribution in [0.1, 0.15) is 12.5 Å². The molecule has 2 rings (SSSR count). The molecule has 4 heteroatoms. The van der Waals surface area contributed by atoms with Crippen LogP contribution in [0.4, 0.5) is 5.69 Å². The molecule has 0 radical (unpaired) electrons. The van der Waals surface area contributed by atoms with Crippen LogP contribution < -0.4 is 10.5 Å². The highest BCUT2D eigenvalue weighted by Crippen LogP contribution is 2.23. The standard InChI is InChI=1S/C13H20N2O2/c1-2-17-13-9-11(3-4-12(13)14)10-15-5-7-16-8-6-15/h3-4,9H,2,5-8,10,14H2,1H3. The number of morpholine rings is 1. The topological polar surface area (TPSA) is 47.7 Å². The minimum absolute atomic E-state index is 0.644. The van der Waals surface area contributed by atoms with E-state index in [1.807, 2.05) is 19.1 Å². The summed E-state index contributed by atoms with van der Waals surface area (Å²) in [6, 6.07) is 6.02. The molecule has 94 valence electrons. The molecule has 17 heavy (non-hydrogen) atoms. The van der Waals surface area contributed by atoms with Crippen molar-refractivity contribution in [3.8, 4) is 5.75 Å². The largest absolute Gasteiger partial charge is 0.492 e. The van der Waals surface area contributed by atoms with Gasteiger partial charge in [0, 0.05) is 19.6 Å². The average Bonchev–Trinajstić information content (AvgIpc) is 2.35. The molecule has 2 N–H and O–H groups in total. The van der Waals surface area contributed by atoms with Crippen LogP contribution in [0.3, 0.4) is 0 Å². The molecule has 0 amide bonds. The first kappa shape index (κ1) is 12.2. The zero-order valence-electron chi connectivity index (χ0n) is 10.3. The number of nitrogen functional groups attached to an aromatic ring is 1. The highest BCUT2D eigenvalue weighted by Gasteiger charge is 2.11. The lowest BCUT2D eigenvalue weighted by molar-refractivity contribution is 0.0341. The lowest BCUT2D eigenvalue weighted by atomic mass is 10.1. The maximum atomic E-state index is 5.85. The number of ether oxygens (including phenoxy) is 2. The molecule has 1 saturated heterocycles. The van der Waals surface area contributed by atoms with Crippen molar-refractivity contribution in [2.75, 3.05) is 38.6 Å². The van der Waals surface area contributed by atoms with E-state index in [0.717, 1.165) is 38.6 Å². The molecular weight excluding hydrogens is 216 g/mol. The Hall–Kier alpha value is -1.26. The zero-order valence-corrected chi connectivity index (χ0v) is 10.3. The summed E-state index contributed by atoms with van der Waals surface area (Å²) in [5.41, 5.74) is 7.80. The summed E-state index contributed by atoms with van der Waals surface area (Å²) in [4.78, 5) is 2.38. The van der Waals surface area contributed by atoms with E-state index >= 15 is 0 Å². The van der Waals surface area contributed by atoms with Gasteiger partial charge in [0.15, 0.2) is 0 Å². The smallest absolute Gasteiger partial charge is 0.142 e. The number of benzene rings is 1. The summed E-state index contributed by atoms with van der Waals surface area (Å²) in [6.07, 6.45) is 0. The van der Waals surface area contributed by atoms with Crippen molar-refractivity contribution in [1.82, 2.24) is 4.90 Å². The first-order valence-electron chi connectivity index (χ1n) is 6.11. The molecule has 0 spiro atoms. The van der Waals surface area contributed by atoms with Gasteiger partial charge in [-0.05, 0) is 24.6 Å². The predicted octanol–water partition coefficient (Wildman–Crippen LogP) is 1.50. The van der Waals surface area contributed by atoms with Gasteiger partial charge in [0.1, 0.15) is 5.75 Å². The number of nitrogens with two attached hydrogens (primary N) is 1. The third-order valence-electron chi connectivity index (χ3n) is 2.89. The Kier molecular flexibility index (Phi) is 4.23. The maximum Gasteiger partial charge on any atom is 0.142 e. The normalized spacial score (nSPS) is 17.0. The minimum Gasteiger partial charge on any atom is -0.492 e. The monoisotopic (exact) mass is 236 g/mol. The second-order valence-electron chi connectivity index (χ2n) is 4.19. The van der Waals surface area contributed by atoms with Gasteiger partial charge in [-0.15, -0.1) is 0 Å². The third-order valence-corrected chi connectivity index (χ3v) is 2.89. The lowest BCUT2D eigenvalue weighted by Crippen LogP contribution is -2.35. The van der Waals surface area contributed by atoms with Crippen LogP contribution in [0, 0.1) is 0 Å². The molecule has 0 aromatic heterocycles. The molecule has 1 fully saturated rings. The first-order valence-corrected chi connectivity index (χ1v) is 6.11. The van der Waals surface area contributed by atoms with Gasteiger partial charge in [-0.3, -0.25) is 4.90 Å². The van der Waals surface area contributed by atoms with E-state index in [9.17, 15) is 0 Å². The highest BCUT2D eigenvalue weighted by molar-refractivity contribution is 5.53. The van der Waals surface area contributed by atoms with Crippen molar-refractivity contribution < 1.29 is 9.47 Å². The van der Waals surface area contributed by atoms with Crippen LogP contribution in [-0.4, -0.2) is 37.8 Å². The summed E-state index contributed by atoms with van der Waals surface area (Å²) in [6.45, 7) is 7.19. The molecular formula is C13H20N2O2. The fraction of sp³-hybridized carbons (Fsp3) is 0.538. The Morgan fingerprint density at radius 2 is 2.12 bits per heavy atom. The Morgan fingerprint density at radius 3 is 2.82 bits per heavy atom. The van der Waals surface area contributed by atoms with E-state index in [-0.39, 0.29) is 0 Å². The van der Waals surface area contributed by atoms with Crippen LogP contribution >= 0.6 is 0 Å². The number of rotatable bonds is 4.